The highest BCUT2D eigenvalue weighted by atomic mass is 35.5. The van der Waals surface area contributed by atoms with Crippen molar-refractivity contribution in [1.82, 2.24) is 25.0 Å². The highest BCUT2D eigenvalue weighted by molar-refractivity contribution is 5.85. The number of halogens is 1. The van der Waals surface area contributed by atoms with Gasteiger partial charge >= 0.3 is 0 Å². The molecule has 0 bridgehead atoms. The van der Waals surface area contributed by atoms with E-state index in [4.69, 9.17) is 4.74 Å². The fourth-order valence-corrected chi connectivity index (χ4v) is 4.11. The minimum atomic E-state index is 0. The topological polar surface area (TPSA) is 72.3 Å². The molecular formula is C18H24ClN5O2. The van der Waals surface area contributed by atoms with Crippen molar-refractivity contribution in [3.63, 3.8) is 0 Å². The molecule has 2 aromatic rings. The maximum Gasteiger partial charge on any atom is 0.224 e. The summed E-state index contributed by atoms with van der Waals surface area (Å²) in [6.45, 7) is 3.41. The van der Waals surface area contributed by atoms with E-state index >= 15 is 0 Å². The molecule has 8 heteroatoms. The van der Waals surface area contributed by atoms with Crippen molar-refractivity contribution in [1.29, 1.82) is 0 Å². The Morgan fingerprint density at radius 2 is 1.96 bits per heavy atom. The zero-order chi connectivity index (χ0) is 17.2. The number of hydrogen-bond donors (Lipinski definition) is 1. The first-order valence-electron chi connectivity index (χ1n) is 8.73. The molecule has 2 aliphatic heterocycles. The van der Waals surface area contributed by atoms with Crippen molar-refractivity contribution in [3.05, 3.63) is 42.5 Å². The average molecular weight is 378 g/mol. The number of aryl methyl sites for hydroxylation is 1. The van der Waals surface area contributed by atoms with Crippen molar-refractivity contribution < 1.29 is 9.53 Å². The van der Waals surface area contributed by atoms with Crippen LogP contribution in [0.2, 0.25) is 0 Å². The van der Waals surface area contributed by atoms with Crippen LogP contribution in [0.5, 0.6) is 5.75 Å². The molecule has 1 N–H and O–H groups in total. The van der Waals surface area contributed by atoms with Gasteiger partial charge in [0.2, 0.25) is 5.91 Å². The van der Waals surface area contributed by atoms with Crippen LogP contribution >= 0.6 is 12.4 Å². The number of nitrogens with zero attached hydrogens (tertiary/aromatic N) is 4. The lowest BCUT2D eigenvalue weighted by Crippen LogP contribution is -2.35. The standard InChI is InChI=1S/C18H23N5O2.ClH/c1-25-15-4-2-13(3-5-15)18-16-9-19-8-14(16)10-23(18)17(24)6-7-22-11-20-21-12-22;/h2-5,11-12,14,16,18-19H,6-10H2,1H3;1H/t14-,16-,18-;/m0./s1. The summed E-state index contributed by atoms with van der Waals surface area (Å²) in [5, 5.41) is 11.1. The molecular weight excluding hydrogens is 354 g/mol. The minimum Gasteiger partial charge on any atom is -0.497 e. The Hall–Kier alpha value is -2.12. The van der Waals surface area contributed by atoms with E-state index in [-0.39, 0.29) is 24.4 Å². The van der Waals surface area contributed by atoms with Crippen LogP contribution in [0, 0.1) is 11.8 Å². The number of rotatable bonds is 5. The molecule has 0 radical (unpaired) electrons. The first-order chi connectivity index (χ1) is 12.3. The SMILES string of the molecule is COc1ccc([C@H]2[C@H]3CNC[C@H]3CN2C(=O)CCn2cnnc2)cc1.Cl. The van der Waals surface area contributed by atoms with Crippen molar-refractivity contribution in [2.45, 2.75) is 19.0 Å². The number of ether oxygens (including phenoxy) is 1. The van der Waals surface area contributed by atoms with Gasteiger partial charge in [0.15, 0.2) is 0 Å². The number of nitrogens with one attached hydrogen (secondary N) is 1. The number of fused-ring (bicyclic) bond motifs is 1. The van der Waals surface area contributed by atoms with E-state index in [0.717, 1.165) is 25.4 Å². The molecule has 3 heterocycles. The van der Waals surface area contributed by atoms with Crippen molar-refractivity contribution in [2.24, 2.45) is 11.8 Å². The van der Waals surface area contributed by atoms with Gasteiger partial charge in [-0.3, -0.25) is 4.79 Å². The second-order valence-corrected chi connectivity index (χ2v) is 6.80. The minimum absolute atomic E-state index is 0. The summed E-state index contributed by atoms with van der Waals surface area (Å²) in [4.78, 5) is 15.0. The molecule has 0 saturated carbocycles. The van der Waals surface area contributed by atoms with E-state index in [1.807, 2.05) is 16.7 Å². The molecule has 7 nitrogen and oxygen atoms in total. The third-order valence-electron chi connectivity index (χ3n) is 5.39. The Kier molecular flexibility index (Phi) is 5.78. The number of aromatic nitrogens is 3. The lowest BCUT2D eigenvalue weighted by molar-refractivity contribution is -0.132. The third-order valence-corrected chi connectivity index (χ3v) is 5.39. The summed E-state index contributed by atoms with van der Waals surface area (Å²) in [6.07, 6.45) is 3.77. The molecule has 140 valence electrons. The molecule has 0 spiro atoms. The molecule has 2 fully saturated rings. The van der Waals surface area contributed by atoms with Crippen LogP contribution in [0.1, 0.15) is 18.0 Å². The number of carbonyl (C=O) groups is 1. The van der Waals surface area contributed by atoms with Crippen LogP contribution in [0.3, 0.4) is 0 Å². The molecule has 1 aromatic carbocycles. The highest BCUT2D eigenvalue weighted by Crippen LogP contribution is 2.43. The number of amides is 1. The predicted octanol–water partition coefficient (Wildman–Crippen LogP) is 1.52. The van der Waals surface area contributed by atoms with Crippen LogP contribution < -0.4 is 10.1 Å². The van der Waals surface area contributed by atoms with Gasteiger partial charge in [0.05, 0.1) is 13.2 Å². The van der Waals surface area contributed by atoms with E-state index in [9.17, 15) is 4.79 Å². The fourth-order valence-electron chi connectivity index (χ4n) is 4.11. The number of benzene rings is 1. The van der Waals surface area contributed by atoms with Crippen LogP contribution in [0.25, 0.3) is 0 Å². The summed E-state index contributed by atoms with van der Waals surface area (Å²) in [5.41, 5.74) is 1.19. The monoisotopic (exact) mass is 377 g/mol. The Morgan fingerprint density at radius 1 is 1.23 bits per heavy atom. The lowest BCUT2D eigenvalue weighted by atomic mass is 9.89. The van der Waals surface area contributed by atoms with Gasteiger partial charge in [-0.1, -0.05) is 12.1 Å². The smallest absolute Gasteiger partial charge is 0.224 e. The van der Waals surface area contributed by atoms with E-state index in [2.05, 4.69) is 32.5 Å². The average Bonchev–Trinajstić information content (AvgIpc) is 3.36. The maximum absolute atomic E-state index is 12.9. The lowest BCUT2D eigenvalue weighted by Gasteiger charge is -2.28. The highest BCUT2D eigenvalue weighted by Gasteiger charge is 2.46. The molecule has 1 aromatic heterocycles. The second-order valence-electron chi connectivity index (χ2n) is 6.80. The summed E-state index contributed by atoms with van der Waals surface area (Å²) < 4.78 is 7.11. The van der Waals surface area contributed by atoms with Gasteiger partial charge < -0.3 is 19.5 Å². The molecule has 3 atom stereocenters. The predicted molar refractivity (Wildman–Crippen MR) is 99.2 cm³/mol. The summed E-state index contributed by atoms with van der Waals surface area (Å²) in [6, 6.07) is 8.27. The van der Waals surface area contributed by atoms with Crippen molar-refractivity contribution in [3.8, 4) is 5.75 Å². The van der Waals surface area contributed by atoms with E-state index in [0.29, 0.717) is 24.8 Å². The molecule has 0 aliphatic carbocycles. The van der Waals surface area contributed by atoms with Crippen LogP contribution in [0.4, 0.5) is 0 Å². The van der Waals surface area contributed by atoms with E-state index < -0.39 is 0 Å². The summed E-state index contributed by atoms with van der Waals surface area (Å²) >= 11 is 0. The van der Waals surface area contributed by atoms with Crippen LogP contribution in [-0.2, 0) is 11.3 Å². The van der Waals surface area contributed by atoms with Gasteiger partial charge in [-0.2, -0.15) is 0 Å². The molecule has 2 aliphatic rings. The third kappa shape index (κ3) is 3.54. The molecule has 4 rings (SSSR count). The second kappa shape index (κ2) is 8.05. The zero-order valence-electron chi connectivity index (χ0n) is 14.7. The van der Waals surface area contributed by atoms with Gasteiger partial charge in [-0.15, -0.1) is 22.6 Å². The number of likely N-dealkylation sites (tertiary alicyclic amines) is 1. The first-order valence-corrected chi connectivity index (χ1v) is 8.73. The number of hydrogen-bond acceptors (Lipinski definition) is 5. The zero-order valence-corrected chi connectivity index (χ0v) is 15.6. The Balaban J connectivity index is 0.00000196. The molecule has 0 unspecified atom stereocenters. The molecule has 2 saturated heterocycles. The maximum atomic E-state index is 12.9. The Bertz CT molecular complexity index is 722. The normalized spacial score (nSPS) is 24.2. The Morgan fingerprint density at radius 3 is 2.65 bits per heavy atom. The van der Waals surface area contributed by atoms with E-state index in [1.54, 1.807) is 19.8 Å². The van der Waals surface area contributed by atoms with Crippen molar-refractivity contribution >= 4 is 18.3 Å². The van der Waals surface area contributed by atoms with Crippen LogP contribution in [0.15, 0.2) is 36.9 Å². The van der Waals surface area contributed by atoms with Crippen molar-refractivity contribution in [2.75, 3.05) is 26.7 Å². The Labute approximate surface area is 159 Å². The first kappa shape index (κ1) is 18.7. The van der Waals surface area contributed by atoms with Gasteiger partial charge in [0, 0.05) is 38.5 Å². The van der Waals surface area contributed by atoms with Gasteiger partial charge in [0.25, 0.3) is 0 Å². The number of carbonyl (C=O) groups excluding carboxylic acids is 1. The molecule has 26 heavy (non-hydrogen) atoms. The van der Waals surface area contributed by atoms with Gasteiger partial charge in [-0.05, 0) is 23.6 Å². The van der Waals surface area contributed by atoms with E-state index in [1.165, 1.54) is 5.56 Å². The quantitative estimate of drug-likeness (QED) is 0.855. The van der Waals surface area contributed by atoms with Gasteiger partial charge in [0.1, 0.15) is 18.4 Å². The number of methoxy groups -OCH3 is 1. The molecule has 1 amide bonds. The summed E-state index contributed by atoms with van der Waals surface area (Å²) in [5.74, 6) is 2.05. The van der Waals surface area contributed by atoms with Crippen LogP contribution in [-0.4, -0.2) is 52.3 Å². The summed E-state index contributed by atoms with van der Waals surface area (Å²) in [7, 11) is 1.67. The fraction of sp³-hybridized carbons (Fsp3) is 0.500. The van der Waals surface area contributed by atoms with Gasteiger partial charge in [-0.25, -0.2) is 0 Å². The largest absolute Gasteiger partial charge is 0.497 e.